The van der Waals surface area contributed by atoms with Crippen LogP contribution in [0.4, 0.5) is 10.1 Å². The highest BCUT2D eigenvalue weighted by molar-refractivity contribution is 5.75. The molecule has 0 saturated carbocycles. The number of anilines is 1. The zero-order valence-electron chi connectivity index (χ0n) is 8.08. The predicted octanol–water partition coefficient (Wildman–Crippen LogP) is 1.28. The summed E-state index contributed by atoms with van der Waals surface area (Å²) in [7, 11) is 1.25. The zero-order chi connectivity index (χ0) is 11.3. The van der Waals surface area contributed by atoms with E-state index in [4.69, 9.17) is 5.26 Å². The lowest BCUT2D eigenvalue weighted by molar-refractivity contribution is -0.138. The lowest BCUT2D eigenvalue weighted by Gasteiger charge is -2.06. The van der Waals surface area contributed by atoms with Crippen molar-refractivity contribution < 1.29 is 13.9 Å². The van der Waals surface area contributed by atoms with Gasteiger partial charge in [0.15, 0.2) is 0 Å². The Morgan fingerprint density at radius 3 is 3.00 bits per heavy atom. The van der Waals surface area contributed by atoms with Crippen molar-refractivity contribution in [2.24, 2.45) is 0 Å². The molecule has 0 fully saturated rings. The van der Waals surface area contributed by atoms with E-state index in [0.717, 1.165) is 0 Å². The van der Waals surface area contributed by atoms with Crippen molar-refractivity contribution in [2.75, 3.05) is 19.0 Å². The van der Waals surface area contributed by atoms with Crippen LogP contribution in [0.2, 0.25) is 0 Å². The molecule has 0 aliphatic heterocycles. The van der Waals surface area contributed by atoms with Gasteiger partial charge in [-0.25, -0.2) is 4.39 Å². The summed E-state index contributed by atoms with van der Waals surface area (Å²) in [5.74, 6) is -1.10. The highest BCUT2D eigenvalue weighted by atomic mass is 19.1. The average molecular weight is 208 g/mol. The number of hydrogen-bond donors (Lipinski definition) is 1. The van der Waals surface area contributed by atoms with E-state index in [1.807, 2.05) is 0 Å². The zero-order valence-corrected chi connectivity index (χ0v) is 8.08. The fourth-order valence-electron chi connectivity index (χ4n) is 1.02. The summed E-state index contributed by atoms with van der Waals surface area (Å²) in [5, 5.41) is 11.3. The molecule has 5 heteroatoms. The number of nitrogens with one attached hydrogen (secondary N) is 1. The number of halogens is 1. The second-order valence-corrected chi connectivity index (χ2v) is 2.70. The molecule has 0 aliphatic rings. The van der Waals surface area contributed by atoms with Crippen LogP contribution in [0.3, 0.4) is 0 Å². The van der Waals surface area contributed by atoms with Crippen LogP contribution in [0.1, 0.15) is 5.56 Å². The summed E-state index contributed by atoms with van der Waals surface area (Å²) in [6, 6.07) is 5.87. The standard InChI is InChI=1S/C10H9FN2O2/c1-15-10(14)6-13-9-4-2-3-8(11)7(9)5-12/h2-4,13H,6H2,1H3. The maximum atomic E-state index is 13.1. The molecule has 0 bridgehead atoms. The van der Waals surface area contributed by atoms with Gasteiger partial charge in [-0.3, -0.25) is 4.79 Å². The van der Waals surface area contributed by atoms with E-state index >= 15 is 0 Å². The van der Waals surface area contributed by atoms with Crippen LogP contribution in [-0.2, 0) is 9.53 Å². The normalized spacial score (nSPS) is 9.13. The number of ether oxygens (including phenoxy) is 1. The van der Waals surface area contributed by atoms with Crippen molar-refractivity contribution >= 4 is 11.7 Å². The molecule has 1 aromatic carbocycles. The number of rotatable bonds is 3. The molecule has 0 aromatic heterocycles. The third kappa shape index (κ3) is 2.68. The van der Waals surface area contributed by atoms with E-state index in [-0.39, 0.29) is 17.8 Å². The van der Waals surface area contributed by atoms with Crippen molar-refractivity contribution in [3.8, 4) is 6.07 Å². The minimum atomic E-state index is -0.618. The molecular weight excluding hydrogens is 199 g/mol. The Bertz CT molecular complexity index is 412. The molecule has 0 heterocycles. The lowest BCUT2D eigenvalue weighted by atomic mass is 10.2. The maximum absolute atomic E-state index is 13.1. The number of hydrogen-bond acceptors (Lipinski definition) is 4. The minimum absolute atomic E-state index is 0.103. The molecular formula is C10H9FN2O2. The highest BCUT2D eigenvalue weighted by Crippen LogP contribution is 2.17. The smallest absolute Gasteiger partial charge is 0.325 e. The van der Waals surface area contributed by atoms with Gasteiger partial charge in [0, 0.05) is 0 Å². The minimum Gasteiger partial charge on any atom is -0.468 e. The largest absolute Gasteiger partial charge is 0.468 e. The van der Waals surface area contributed by atoms with E-state index in [9.17, 15) is 9.18 Å². The summed E-state index contributed by atoms with van der Waals surface area (Å²) >= 11 is 0. The third-order valence-corrected chi connectivity index (χ3v) is 1.78. The second-order valence-electron chi connectivity index (χ2n) is 2.70. The van der Waals surface area contributed by atoms with Gasteiger partial charge in [-0.15, -0.1) is 0 Å². The number of carbonyl (C=O) groups is 1. The molecule has 1 rings (SSSR count). The van der Waals surface area contributed by atoms with Crippen molar-refractivity contribution in [2.45, 2.75) is 0 Å². The first kappa shape index (κ1) is 11.0. The monoisotopic (exact) mass is 208 g/mol. The Morgan fingerprint density at radius 1 is 1.67 bits per heavy atom. The summed E-state index contributed by atoms with van der Waals surface area (Å²) in [5.41, 5.74) is 0.171. The fourth-order valence-corrected chi connectivity index (χ4v) is 1.02. The number of esters is 1. The van der Waals surface area contributed by atoms with E-state index in [1.165, 1.54) is 25.3 Å². The summed E-state index contributed by atoms with van der Waals surface area (Å²) < 4.78 is 17.5. The van der Waals surface area contributed by atoms with E-state index in [2.05, 4.69) is 10.1 Å². The van der Waals surface area contributed by atoms with Crippen molar-refractivity contribution in [1.82, 2.24) is 0 Å². The van der Waals surface area contributed by atoms with Crippen LogP contribution in [-0.4, -0.2) is 19.6 Å². The fraction of sp³-hybridized carbons (Fsp3) is 0.200. The van der Waals surface area contributed by atoms with Crippen LogP contribution in [0, 0.1) is 17.1 Å². The Labute approximate surface area is 86.3 Å². The predicted molar refractivity (Wildman–Crippen MR) is 51.6 cm³/mol. The SMILES string of the molecule is COC(=O)CNc1cccc(F)c1C#N. The van der Waals surface area contributed by atoms with Gasteiger partial charge in [-0.2, -0.15) is 5.26 Å². The number of benzene rings is 1. The van der Waals surface area contributed by atoms with E-state index < -0.39 is 11.8 Å². The van der Waals surface area contributed by atoms with Gasteiger partial charge < -0.3 is 10.1 Å². The van der Waals surface area contributed by atoms with Gasteiger partial charge in [0.1, 0.15) is 24.0 Å². The van der Waals surface area contributed by atoms with Gasteiger partial charge in [-0.05, 0) is 12.1 Å². The lowest BCUT2D eigenvalue weighted by Crippen LogP contribution is -2.15. The molecule has 0 aliphatic carbocycles. The molecule has 4 nitrogen and oxygen atoms in total. The van der Waals surface area contributed by atoms with Gasteiger partial charge in [0.05, 0.1) is 12.8 Å². The third-order valence-electron chi connectivity index (χ3n) is 1.78. The molecule has 78 valence electrons. The van der Waals surface area contributed by atoms with E-state index in [0.29, 0.717) is 0 Å². The van der Waals surface area contributed by atoms with Crippen molar-refractivity contribution in [1.29, 1.82) is 5.26 Å². The Kier molecular flexibility index (Phi) is 3.63. The second kappa shape index (κ2) is 4.96. The average Bonchev–Trinajstić information content (AvgIpc) is 2.25. The Hall–Kier alpha value is -2.09. The molecule has 0 saturated heterocycles. The first-order chi connectivity index (χ1) is 7.19. The quantitative estimate of drug-likeness (QED) is 0.760. The number of methoxy groups -OCH3 is 1. The topological polar surface area (TPSA) is 62.1 Å². The van der Waals surface area contributed by atoms with Gasteiger partial charge in [-0.1, -0.05) is 6.07 Å². The first-order valence-corrected chi connectivity index (χ1v) is 4.18. The van der Waals surface area contributed by atoms with Crippen LogP contribution >= 0.6 is 0 Å². The summed E-state index contributed by atoms with van der Waals surface area (Å²) in [4.78, 5) is 10.8. The Balaban J connectivity index is 2.82. The Morgan fingerprint density at radius 2 is 2.40 bits per heavy atom. The molecule has 1 aromatic rings. The molecule has 15 heavy (non-hydrogen) atoms. The summed E-state index contributed by atoms with van der Waals surface area (Å²) in [6.45, 7) is -0.103. The maximum Gasteiger partial charge on any atom is 0.325 e. The molecule has 0 radical (unpaired) electrons. The van der Waals surface area contributed by atoms with Crippen LogP contribution in [0.15, 0.2) is 18.2 Å². The first-order valence-electron chi connectivity index (χ1n) is 4.18. The molecule has 0 amide bonds. The van der Waals surface area contributed by atoms with Crippen LogP contribution < -0.4 is 5.32 Å². The van der Waals surface area contributed by atoms with Gasteiger partial charge in [0.25, 0.3) is 0 Å². The summed E-state index contributed by atoms with van der Waals surface area (Å²) in [6.07, 6.45) is 0. The van der Waals surface area contributed by atoms with Crippen molar-refractivity contribution in [3.63, 3.8) is 0 Å². The van der Waals surface area contributed by atoms with Gasteiger partial charge in [0.2, 0.25) is 0 Å². The highest BCUT2D eigenvalue weighted by Gasteiger charge is 2.08. The number of nitrogens with zero attached hydrogens (tertiary/aromatic N) is 1. The molecule has 1 N–H and O–H groups in total. The van der Waals surface area contributed by atoms with Crippen molar-refractivity contribution in [3.05, 3.63) is 29.6 Å². The molecule has 0 spiro atoms. The number of carbonyl (C=O) groups excluding carboxylic acids is 1. The molecule has 0 atom stereocenters. The number of nitriles is 1. The van der Waals surface area contributed by atoms with Crippen LogP contribution in [0.5, 0.6) is 0 Å². The van der Waals surface area contributed by atoms with E-state index in [1.54, 1.807) is 6.07 Å². The molecule has 0 unspecified atom stereocenters. The van der Waals surface area contributed by atoms with Gasteiger partial charge >= 0.3 is 5.97 Å². The van der Waals surface area contributed by atoms with Crippen LogP contribution in [0.25, 0.3) is 0 Å².